The topological polar surface area (TPSA) is 43.8 Å². The van der Waals surface area contributed by atoms with Gasteiger partial charge in [-0.1, -0.05) is 15.9 Å². The lowest BCUT2D eigenvalue weighted by atomic mass is 10.3. The Morgan fingerprint density at radius 3 is 2.73 bits per heavy atom. The molecule has 4 nitrogen and oxygen atoms in total. The predicted octanol–water partition coefficient (Wildman–Crippen LogP) is 0.296. The fourth-order valence-electron chi connectivity index (χ4n) is 1.81. The lowest BCUT2D eigenvalue weighted by Crippen LogP contribution is -2.38. The van der Waals surface area contributed by atoms with Gasteiger partial charge in [0, 0.05) is 26.2 Å². The molecule has 1 unspecified atom stereocenters. The van der Waals surface area contributed by atoms with Crippen molar-refractivity contribution in [3.63, 3.8) is 0 Å². The summed E-state index contributed by atoms with van der Waals surface area (Å²) in [6.45, 7) is 6.21. The van der Waals surface area contributed by atoms with Crippen LogP contribution >= 0.6 is 15.9 Å². The minimum absolute atomic E-state index is 0.0955. The van der Waals surface area contributed by atoms with E-state index in [9.17, 15) is 4.79 Å². The second kappa shape index (κ2) is 6.45. The van der Waals surface area contributed by atoms with Crippen molar-refractivity contribution >= 4 is 21.8 Å². The third-order valence-electron chi connectivity index (χ3n) is 2.66. The zero-order valence-corrected chi connectivity index (χ0v) is 10.7. The maximum Gasteiger partial charge on any atom is 0.236 e. The van der Waals surface area contributed by atoms with E-state index in [1.54, 1.807) is 0 Å². The van der Waals surface area contributed by atoms with Gasteiger partial charge in [-0.25, -0.2) is 0 Å². The van der Waals surface area contributed by atoms with E-state index in [1.807, 2.05) is 11.8 Å². The maximum atomic E-state index is 11.7. The molecule has 1 rings (SSSR count). The molecule has 0 aromatic rings. The van der Waals surface area contributed by atoms with Gasteiger partial charge >= 0.3 is 0 Å². The van der Waals surface area contributed by atoms with Gasteiger partial charge in [0.2, 0.25) is 5.91 Å². The molecule has 1 N–H and O–H groups in total. The Hall–Kier alpha value is -0.130. The third-order valence-corrected chi connectivity index (χ3v) is 3.05. The molecule has 88 valence electrons. The number of nitrogens with zero attached hydrogens (tertiary/aromatic N) is 2. The van der Waals surface area contributed by atoms with Gasteiger partial charge in [0.25, 0.3) is 0 Å². The number of amides is 1. The number of aliphatic hydroxyl groups excluding tert-OH is 1. The Balaban J connectivity index is 2.42. The van der Waals surface area contributed by atoms with E-state index in [0.717, 1.165) is 32.6 Å². The first-order chi connectivity index (χ1) is 7.15. The Kier molecular flexibility index (Phi) is 5.56. The van der Waals surface area contributed by atoms with Crippen molar-refractivity contribution < 1.29 is 9.90 Å². The van der Waals surface area contributed by atoms with Crippen LogP contribution in [0.1, 0.15) is 13.3 Å². The number of β-amino-alcohol motifs (C(OH)–C–C–N with tert-alkyl or cyclic N) is 1. The van der Waals surface area contributed by atoms with E-state index in [1.165, 1.54) is 0 Å². The van der Waals surface area contributed by atoms with Crippen molar-refractivity contribution in [1.29, 1.82) is 0 Å². The first-order valence-corrected chi connectivity index (χ1v) is 6.33. The lowest BCUT2D eigenvalue weighted by Gasteiger charge is -2.22. The normalized spacial score (nSPS) is 21.1. The summed E-state index contributed by atoms with van der Waals surface area (Å²) < 4.78 is 0. The highest BCUT2D eigenvalue weighted by molar-refractivity contribution is 9.10. The molecule has 1 saturated heterocycles. The Labute approximate surface area is 99.4 Å². The third kappa shape index (κ3) is 4.09. The zero-order valence-electron chi connectivity index (χ0n) is 9.15. The molecule has 0 bridgehead atoms. The van der Waals surface area contributed by atoms with Crippen molar-refractivity contribution in [2.45, 2.75) is 18.2 Å². The Morgan fingerprint density at radius 1 is 1.40 bits per heavy atom. The molecular formula is C10H19BrN2O2. The summed E-state index contributed by atoms with van der Waals surface area (Å²) in [4.78, 5) is 15.7. The molecule has 0 aromatic heterocycles. The highest BCUT2D eigenvalue weighted by atomic mass is 79.9. The summed E-state index contributed by atoms with van der Waals surface area (Å²) in [5.41, 5.74) is 0. The Morgan fingerprint density at radius 2 is 2.13 bits per heavy atom. The highest BCUT2D eigenvalue weighted by Crippen LogP contribution is 2.08. The fraction of sp³-hybridized carbons (Fsp3) is 0.900. The number of rotatable bonds is 3. The standard InChI is InChI=1S/C10H19BrN2O2/c1-9(11)10(15)13-4-2-3-12(5-6-13)7-8-14/h9,14H,2-8H2,1H3. The van der Waals surface area contributed by atoms with Crippen molar-refractivity contribution in [3.8, 4) is 0 Å². The van der Waals surface area contributed by atoms with E-state index in [0.29, 0.717) is 6.54 Å². The molecular weight excluding hydrogens is 260 g/mol. The molecule has 0 saturated carbocycles. The van der Waals surface area contributed by atoms with Crippen LogP contribution in [0.25, 0.3) is 0 Å². The molecule has 1 aliphatic heterocycles. The van der Waals surface area contributed by atoms with E-state index >= 15 is 0 Å². The number of halogens is 1. The molecule has 0 aliphatic carbocycles. The molecule has 1 heterocycles. The monoisotopic (exact) mass is 278 g/mol. The number of alkyl halides is 1. The van der Waals surface area contributed by atoms with Gasteiger partial charge in [-0.2, -0.15) is 0 Å². The van der Waals surface area contributed by atoms with Crippen molar-refractivity contribution in [2.75, 3.05) is 39.3 Å². The zero-order chi connectivity index (χ0) is 11.3. The maximum absolute atomic E-state index is 11.7. The smallest absolute Gasteiger partial charge is 0.236 e. The lowest BCUT2D eigenvalue weighted by molar-refractivity contribution is -0.130. The van der Waals surface area contributed by atoms with Crippen LogP contribution in [0.3, 0.4) is 0 Å². The summed E-state index contributed by atoms with van der Waals surface area (Å²) in [5, 5.41) is 8.84. The van der Waals surface area contributed by atoms with Crippen LogP contribution < -0.4 is 0 Å². The second-order valence-corrected chi connectivity index (χ2v) is 5.23. The summed E-state index contributed by atoms with van der Waals surface area (Å²) in [6, 6.07) is 0. The molecule has 1 atom stereocenters. The minimum Gasteiger partial charge on any atom is -0.395 e. The van der Waals surface area contributed by atoms with Gasteiger partial charge in [-0.05, 0) is 19.9 Å². The summed E-state index contributed by atoms with van der Waals surface area (Å²) in [6.07, 6.45) is 0.992. The van der Waals surface area contributed by atoms with Gasteiger partial charge in [-0.3, -0.25) is 9.69 Å². The van der Waals surface area contributed by atoms with E-state index in [2.05, 4.69) is 20.8 Å². The average molecular weight is 279 g/mol. The quantitative estimate of drug-likeness (QED) is 0.756. The molecule has 1 amide bonds. The van der Waals surface area contributed by atoms with Gasteiger partial charge in [-0.15, -0.1) is 0 Å². The number of aliphatic hydroxyl groups is 1. The van der Waals surface area contributed by atoms with Gasteiger partial charge in [0.15, 0.2) is 0 Å². The van der Waals surface area contributed by atoms with E-state index in [4.69, 9.17) is 5.11 Å². The van der Waals surface area contributed by atoms with Crippen LogP contribution in [0.15, 0.2) is 0 Å². The number of hydrogen-bond acceptors (Lipinski definition) is 3. The van der Waals surface area contributed by atoms with Crippen LogP contribution in [0.4, 0.5) is 0 Å². The van der Waals surface area contributed by atoms with Crippen molar-refractivity contribution in [2.24, 2.45) is 0 Å². The summed E-state index contributed by atoms with van der Waals surface area (Å²) in [5.74, 6) is 0.167. The van der Waals surface area contributed by atoms with Crippen LogP contribution in [0.5, 0.6) is 0 Å². The molecule has 1 aliphatic rings. The summed E-state index contributed by atoms with van der Waals surface area (Å²) >= 11 is 3.30. The summed E-state index contributed by atoms with van der Waals surface area (Å²) in [7, 11) is 0. The van der Waals surface area contributed by atoms with E-state index in [-0.39, 0.29) is 17.3 Å². The van der Waals surface area contributed by atoms with Gasteiger partial charge < -0.3 is 10.0 Å². The predicted molar refractivity (Wildman–Crippen MR) is 63.1 cm³/mol. The Bertz CT molecular complexity index is 212. The fourth-order valence-corrected chi connectivity index (χ4v) is 2.10. The molecule has 1 fully saturated rings. The number of hydrogen-bond donors (Lipinski definition) is 1. The molecule has 5 heteroatoms. The SMILES string of the molecule is CC(Br)C(=O)N1CCCN(CCO)CC1. The van der Waals surface area contributed by atoms with Crippen molar-refractivity contribution in [1.82, 2.24) is 9.80 Å². The van der Waals surface area contributed by atoms with Crippen molar-refractivity contribution in [3.05, 3.63) is 0 Å². The largest absolute Gasteiger partial charge is 0.395 e. The molecule has 0 radical (unpaired) electrons. The molecule has 0 aromatic carbocycles. The number of carbonyl (C=O) groups is 1. The van der Waals surface area contributed by atoms with Gasteiger partial charge in [0.05, 0.1) is 11.4 Å². The van der Waals surface area contributed by atoms with Crippen LogP contribution in [-0.2, 0) is 4.79 Å². The van der Waals surface area contributed by atoms with Crippen LogP contribution in [0, 0.1) is 0 Å². The number of carbonyl (C=O) groups excluding carboxylic acids is 1. The van der Waals surface area contributed by atoms with E-state index < -0.39 is 0 Å². The first kappa shape index (κ1) is 12.9. The second-order valence-electron chi connectivity index (χ2n) is 3.86. The molecule has 0 spiro atoms. The van der Waals surface area contributed by atoms with Gasteiger partial charge in [0.1, 0.15) is 0 Å². The minimum atomic E-state index is -0.0955. The first-order valence-electron chi connectivity index (χ1n) is 5.41. The highest BCUT2D eigenvalue weighted by Gasteiger charge is 2.21. The van der Waals surface area contributed by atoms with Crippen LogP contribution in [0.2, 0.25) is 0 Å². The molecule has 15 heavy (non-hydrogen) atoms. The average Bonchev–Trinajstić information content (AvgIpc) is 2.43. The van der Waals surface area contributed by atoms with Crippen LogP contribution in [-0.4, -0.2) is 65.0 Å².